The summed E-state index contributed by atoms with van der Waals surface area (Å²) < 4.78 is 0. The average Bonchev–Trinajstić information content (AvgIpc) is 2.15. The van der Waals surface area contributed by atoms with Gasteiger partial charge in [-0.3, -0.25) is 0 Å². The molecular weight excluding hydrogens is 194 g/mol. The molecule has 0 bridgehead atoms. The van der Waals surface area contributed by atoms with Gasteiger partial charge in [-0.2, -0.15) is 0 Å². The zero-order valence-electron chi connectivity index (χ0n) is 11.2. The highest BCUT2D eigenvalue weighted by Crippen LogP contribution is 2.35. The minimum Gasteiger partial charge on any atom is -0.311 e. The van der Waals surface area contributed by atoms with Crippen molar-refractivity contribution in [2.24, 2.45) is 11.8 Å². The molecule has 1 heteroatoms. The zero-order valence-corrected chi connectivity index (χ0v) is 11.2. The highest BCUT2D eigenvalue weighted by Gasteiger charge is 2.35. The molecule has 0 amide bonds. The van der Waals surface area contributed by atoms with Crippen LogP contribution in [0.25, 0.3) is 0 Å². The van der Waals surface area contributed by atoms with Crippen LogP contribution in [-0.4, -0.2) is 12.1 Å². The van der Waals surface area contributed by atoms with E-state index in [4.69, 9.17) is 0 Å². The van der Waals surface area contributed by atoms with Crippen LogP contribution < -0.4 is 5.32 Å². The van der Waals surface area contributed by atoms with Gasteiger partial charge in [0, 0.05) is 5.54 Å². The van der Waals surface area contributed by atoms with Crippen molar-refractivity contribution >= 4 is 0 Å². The van der Waals surface area contributed by atoms with Crippen molar-refractivity contribution in [3.05, 3.63) is 11.6 Å². The minimum atomic E-state index is 0.526. The largest absolute Gasteiger partial charge is 0.311 e. The number of hydrogen-bond acceptors (Lipinski definition) is 1. The van der Waals surface area contributed by atoms with E-state index in [2.05, 4.69) is 32.2 Å². The molecule has 2 atom stereocenters. The zero-order chi connectivity index (χ0) is 11.6. The molecule has 16 heavy (non-hydrogen) atoms. The van der Waals surface area contributed by atoms with Gasteiger partial charge in [0.2, 0.25) is 0 Å². The van der Waals surface area contributed by atoms with Crippen LogP contribution in [0.3, 0.4) is 0 Å². The Labute approximate surface area is 101 Å². The van der Waals surface area contributed by atoms with Crippen molar-refractivity contribution < 1.29 is 0 Å². The van der Waals surface area contributed by atoms with E-state index in [1.54, 1.807) is 5.57 Å². The van der Waals surface area contributed by atoms with Crippen molar-refractivity contribution in [1.82, 2.24) is 5.32 Å². The molecule has 0 spiro atoms. The quantitative estimate of drug-likeness (QED) is 0.710. The molecule has 2 aliphatic rings. The molecule has 0 aromatic rings. The summed E-state index contributed by atoms with van der Waals surface area (Å²) in [6, 6.07) is 0. The van der Waals surface area contributed by atoms with E-state index < -0.39 is 0 Å². The lowest BCUT2D eigenvalue weighted by Crippen LogP contribution is -2.52. The van der Waals surface area contributed by atoms with E-state index in [0.29, 0.717) is 5.54 Å². The van der Waals surface area contributed by atoms with Gasteiger partial charge >= 0.3 is 0 Å². The summed E-state index contributed by atoms with van der Waals surface area (Å²) >= 11 is 0. The fourth-order valence-electron chi connectivity index (χ4n) is 3.46. The first-order valence-electron chi connectivity index (χ1n) is 7.06. The second-order valence-corrected chi connectivity index (χ2v) is 6.16. The first-order chi connectivity index (χ1) is 7.63. The normalized spacial score (nSPS) is 33.1. The summed E-state index contributed by atoms with van der Waals surface area (Å²) in [4.78, 5) is 0. The summed E-state index contributed by atoms with van der Waals surface area (Å²) in [6.07, 6.45) is 10.7. The van der Waals surface area contributed by atoms with Gasteiger partial charge in [0.15, 0.2) is 0 Å². The van der Waals surface area contributed by atoms with Crippen LogP contribution in [0.1, 0.15) is 59.3 Å². The highest BCUT2D eigenvalue weighted by atomic mass is 15.0. The molecule has 2 rings (SSSR count). The molecule has 1 fully saturated rings. The Bertz CT molecular complexity index is 257. The second-order valence-electron chi connectivity index (χ2n) is 6.16. The molecule has 1 saturated carbocycles. The molecule has 0 aliphatic heterocycles. The third-order valence-electron chi connectivity index (χ3n) is 4.64. The molecular formula is C15H27N. The van der Waals surface area contributed by atoms with E-state index in [1.807, 2.05) is 0 Å². The number of allylic oxidation sites excluding steroid dienone is 2. The van der Waals surface area contributed by atoms with Crippen molar-refractivity contribution in [1.29, 1.82) is 0 Å². The lowest BCUT2D eigenvalue weighted by Gasteiger charge is -2.43. The Morgan fingerprint density at radius 2 is 2.19 bits per heavy atom. The predicted octanol–water partition coefficient (Wildman–Crippen LogP) is 3.90. The SMILES string of the molecule is CCC1(NCC2CC(C)=CC(C)C2)CCC1. The van der Waals surface area contributed by atoms with Crippen LogP contribution in [0.4, 0.5) is 0 Å². The Balaban J connectivity index is 1.80. The van der Waals surface area contributed by atoms with E-state index in [1.165, 1.54) is 45.1 Å². The third-order valence-corrected chi connectivity index (χ3v) is 4.64. The van der Waals surface area contributed by atoms with Gasteiger partial charge in [-0.1, -0.05) is 25.5 Å². The van der Waals surface area contributed by atoms with Crippen LogP contribution in [0, 0.1) is 11.8 Å². The maximum Gasteiger partial charge on any atom is 0.0179 e. The third kappa shape index (κ3) is 2.68. The summed E-state index contributed by atoms with van der Waals surface area (Å²) in [5.74, 6) is 1.67. The Hall–Kier alpha value is -0.300. The van der Waals surface area contributed by atoms with Gasteiger partial charge in [0.1, 0.15) is 0 Å². The Kier molecular flexibility index (Phi) is 3.73. The van der Waals surface area contributed by atoms with Gasteiger partial charge in [-0.25, -0.2) is 0 Å². The smallest absolute Gasteiger partial charge is 0.0179 e. The molecule has 0 aromatic carbocycles. The van der Waals surface area contributed by atoms with Gasteiger partial charge in [0.25, 0.3) is 0 Å². The molecule has 0 radical (unpaired) electrons. The molecule has 1 nitrogen and oxygen atoms in total. The molecule has 1 N–H and O–H groups in total. The maximum absolute atomic E-state index is 3.87. The molecule has 92 valence electrons. The second kappa shape index (κ2) is 4.91. The summed E-state index contributed by atoms with van der Waals surface area (Å²) in [5, 5.41) is 3.87. The van der Waals surface area contributed by atoms with E-state index in [-0.39, 0.29) is 0 Å². The van der Waals surface area contributed by atoms with Crippen molar-refractivity contribution in [2.75, 3.05) is 6.54 Å². The lowest BCUT2D eigenvalue weighted by molar-refractivity contribution is 0.164. The van der Waals surface area contributed by atoms with Gasteiger partial charge in [-0.15, -0.1) is 0 Å². The lowest BCUT2D eigenvalue weighted by atomic mass is 9.74. The first-order valence-corrected chi connectivity index (χ1v) is 7.06. The standard InChI is InChI=1S/C15H27N/c1-4-15(6-5-7-15)16-11-14-9-12(2)8-13(3)10-14/h8,12,14,16H,4-7,9-11H2,1-3H3. The number of rotatable bonds is 4. The summed E-state index contributed by atoms with van der Waals surface area (Å²) in [6.45, 7) is 8.22. The van der Waals surface area contributed by atoms with E-state index in [0.717, 1.165) is 11.8 Å². The highest BCUT2D eigenvalue weighted by molar-refractivity contribution is 5.07. The van der Waals surface area contributed by atoms with E-state index >= 15 is 0 Å². The molecule has 0 heterocycles. The van der Waals surface area contributed by atoms with Crippen LogP contribution in [0.2, 0.25) is 0 Å². The Morgan fingerprint density at radius 1 is 1.44 bits per heavy atom. The Morgan fingerprint density at radius 3 is 2.69 bits per heavy atom. The average molecular weight is 221 g/mol. The van der Waals surface area contributed by atoms with Crippen LogP contribution in [0.15, 0.2) is 11.6 Å². The predicted molar refractivity (Wildman–Crippen MR) is 70.5 cm³/mol. The van der Waals surface area contributed by atoms with Gasteiger partial charge in [-0.05, 0) is 63.8 Å². The maximum atomic E-state index is 3.87. The van der Waals surface area contributed by atoms with Gasteiger partial charge < -0.3 is 5.32 Å². The molecule has 0 aromatic heterocycles. The van der Waals surface area contributed by atoms with Crippen molar-refractivity contribution in [3.8, 4) is 0 Å². The van der Waals surface area contributed by atoms with Crippen LogP contribution in [0.5, 0.6) is 0 Å². The van der Waals surface area contributed by atoms with Crippen molar-refractivity contribution in [2.45, 2.75) is 64.8 Å². The molecule has 0 saturated heterocycles. The minimum absolute atomic E-state index is 0.526. The fourth-order valence-corrected chi connectivity index (χ4v) is 3.46. The van der Waals surface area contributed by atoms with Gasteiger partial charge in [0.05, 0.1) is 0 Å². The molecule has 2 aliphatic carbocycles. The summed E-state index contributed by atoms with van der Waals surface area (Å²) in [5.41, 5.74) is 2.13. The van der Waals surface area contributed by atoms with Crippen LogP contribution in [-0.2, 0) is 0 Å². The first kappa shape index (κ1) is 12.2. The number of hydrogen-bond donors (Lipinski definition) is 1. The molecule has 2 unspecified atom stereocenters. The monoisotopic (exact) mass is 221 g/mol. The van der Waals surface area contributed by atoms with Crippen molar-refractivity contribution in [3.63, 3.8) is 0 Å². The summed E-state index contributed by atoms with van der Waals surface area (Å²) in [7, 11) is 0. The van der Waals surface area contributed by atoms with Crippen LogP contribution >= 0.6 is 0 Å². The topological polar surface area (TPSA) is 12.0 Å². The van der Waals surface area contributed by atoms with E-state index in [9.17, 15) is 0 Å². The fraction of sp³-hybridized carbons (Fsp3) is 0.867. The number of nitrogens with one attached hydrogen (secondary N) is 1.